The smallest absolute Gasteiger partial charge is 0.161 e. The first kappa shape index (κ1) is 20.7. The lowest BCUT2D eigenvalue weighted by atomic mass is 9.71. The molecule has 4 rings (SSSR count). The van der Waals surface area contributed by atoms with E-state index in [0.29, 0.717) is 16.6 Å². The standard InChI is InChI=1S/C24H28Cl2N2O/c1-16-17(2)28(19-10-11-22(25)23(26)14-19)24(18(3)29,15-27-12-6-7-13-27)21-9-5-4-8-20(16)21/h4-5,8-11,14,16-17H,6-7,12-13,15H2,1-3H3. The quantitative estimate of drug-likeness (QED) is 0.604. The van der Waals surface area contributed by atoms with Crippen LogP contribution in [-0.2, 0) is 10.3 Å². The number of hydrogen-bond donors (Lipinski definition) is 0. The van der Waals surface area contributed by atoms with Gasteiger partial charge in [0, 0.05) is 24.2 Å². The zero-order valence-electron chi connectivity index (χ0n) is 17.3. The Balaban J connectivity index is 1.96. The van der Waals surface area contributed by atoms with Crippen molar-refractivity contribution in [2.45, 2.75) is 51.1 Å². The van der Waals surface area contributed by atoms with Gasteiger partial charge in [-0.15, -0.1) is 0 Å². The van der Waals surface area contributed by atoms with E-state index in [4.69, 9.17) is 23.2 Å². The van der Waals surface area contributed by atoms with Crippen LogP contribution >= 0.6 is 23.2 Å². The van der Waals surface area contributed by atoms with Crippen LogP contribution in [-0.4, -0.2) is 36.4 Å². The number of nitrogens with zero attached hydrogens (tertiary/aromatic N) is 2. The highest BCUT2D eigenvalue weighted by Gasteiger charge is 2.52. The van der Waals surface area contributed by atoms with Gasteiger partial charge in [-0.3, -0.25) is 4.79 Å². The molecule has 154 valence electrons. The topological polar surface area (TPSA) is 23.6 Å². The van der Waals surface area contributed by atoms with E-state index in [1.54, 1.807) is 6.92 Å². The molecule has 1 saturated heterocycles. The van der Waals surface area contributed by atoms with Crippen molar-refractivity contribution >= 4 is 34.7 Å². The fourth-order valence-electron chi connectivity index (χ4n) is 5.22. The Hall–Kier alpha value is -1.55. The van der Waals surface area contributed by atoms with Crippen molar-refractivity contribution in [1.29, 1.82) is 0 Å². The number of ketones is 1. The van der Waals surface area contributed by atoms with Crippen molar-refractivity contribution in [1.82, 2.24) is 4.90 Å². The molecule has 0 amide bonds. The van der Waals surface area contributed by atoms with Crippen molar-refractivity contribution in [2.75, 3.05) is 24.5 Å². The highest BCUT2D eigenvalue weighted by molar-refractivity contribution is 6.42. The van der Waals surface area contributed by atoms with Crippen molar-refractivity contribution in [3.8, 4) is 0 Å². The summed E-state index contributed by atoms with van der Waals surface area (Å²) in [7, 11) is 0. The molecule has 3 nitrogen and oxygen atoms in total. The number of carbonyl (C=O) groups excluding carboxylic acids is 1. The van der Waals surface area contributed by atoms with Gasteiger partial charge in [-0.1, -0.05) is 54.4 Å². The number of rotatable bonds is 4. The maximum Gasteiger partial charge on any atom is 0.161 e. The Morgan fingerprint density at radius 3 is 2.41 bits per heavy atom. The van der Waals surface area contributed by atoms with E-state index in [-0.39, 0.29) is 17.7 Å². The highest BCUT2D eigenvalue weighted by Crippen LogP contribution is 2.48. The number of anilines is 1. The maximum absolute atomic E-state index is 13.5. The van der Waals surface area contributed by atoms with Crippen LogP contribution in [0.25, 0.3) is 0 Å². The molecule has 29 heavy (non-hydrogen) atoms. The lowest BCUT2D eigenvalue weighted by molar-refractivity contribution is -0.123. The second-order valence-electron chi connectivity index (χ2n) is 8.48. The summed E-state index contributed by atoms with van der Waals surface area (Å²) in [5.41, 5.74) is 2.59. The number of fused-ring (bicyclic) bond motifs is 1. The normalized spacial score (nSPS) is 27.1. The second kappa shape index (κ2) is 7.94. The van der Waals surface area contributed by atoms with E-state index < -0.39 is 5.54 Å². The Labute approximate surface area is 183 Å². The van der Waals surface area contributed by atoms with E-state index >= 15 is 0 Å². The molecule has 3 atom stereocenters. The first-order chi connectivity index (χ1) is 13.9. The molecule has 5 heteroatoms. The van der Waals surface area contributed by atoms with Gasteiger partial charge in [-0.05, 0) is 69.1 Å². The maximum atomic E-state index is 13.5. The molecular formula is C24H28Cl2N2O. The SMILES string of the molecule is CC(=O)C1(CN2CCCC2)c2ccccc2C(C)C(C)N1c1ccc(Cl)c(Cl)c1. The summed E-state index contributed by atoms with van der Waals surface area (Å²) in [6.07, 6.45) is 2.38. The van der Waals surface area contributed by atoms with Crippen molar-refractivity contribution < 1.29 is 4.79 Å². The third-order valence-corrected chi connectivity index (χ3v) is 7.59. The van der Waals surface area contributed by atoms with E-state index in [2.05, 4.69) is 47.9 Å². The first-order valence-electron chi connectivity index (χ1n) is 10.4. The number of Topliss-reactive ketones (excluding diaryl/α,β-unsaturated/α-hetero) is 1. The molecule has 0 spiro atoms. The molecule has 2 aromatic rings. The molecule has 2 aromatic carbocycles. The van der Waals surface area contributed by atoms with Crippen LogP contribution in [0.1, 0.15) is 50.7 Å². The number of hydrogen-bond acceptors (Lipinski definition) is 3. The number of benzene rings is 2. The highest BCUT2D eigenvalue weighted by atomic mass is 35.5. The molecular weight excluding hydrogens is 403 g/mol. The average Bonchev–Trinajstić information content (AvgIpc) is 3.21. The van der Waals surface area contributed by atoms with Crippen LogP contribution in [0.5, 0.6) is 0 Å². The lowest BCUT2D eigenvalue weighted by Gasteiger charge is -2.55. The molecule has 0 aromatic heterocycles. The first-order valence-corrected chi connectivity index (χ1v) is 11.2. The summed E-state index contributed by atoms with van der Waals surface area (Å²) < 4.78 is 0. The van der Waals surface area contributed by atoms with E-state index in [0.717, 1.165) is 24.3 Å². The van der Waals surface area contributed by atoms with Gasteiger partial charge in [-0.2, -0.15) is 0 Å². The molecule has 0 saturated carbocycles. The molecule has 0 radical (unpaired) electrons. The minimum absolute atomic E-state index is 0.133. The summed E-state index contributed by atoms with van der Waals surface area (Å²) in [4.78, 5) is 18.3. The molecule has 0 N–H and O–H groups in total. The largest absolute Gasteiger partial charge is 0.351 e. The summed E-state index contributed by atoms with van der Waals surface area (Å²) >= 11 is 12.6. The Kier molecular flexibility index (Phi) is 5.67. The monoisotopic (exact) mass is 430 g/mol. The Morgan fingerprint density at radius 2 is 1.76 bits per heavy atom. The zero-order valence-corrected chi connectivity index (χ0v) is 18.8. The zero-order chi connectivity index (χ0) is 20.8. The van der Waals surface area contributed by atoms with Crippen LogP contribution < -0.4 is 4.90 Å². The summed E-state index contributed by atoms with van der Waals surface area (Å²) in [6.45, 7) is 8.96. The Morgan fingerprint density at radius 1 is 1.07 bits per heavy atom. The minimum atomic E-state index is -0.746. The van der Waals surface area contributed by atoms with E-state index in [1.165, 1.54) is 18.4 Å². The van der Waals surface area contributed by atoms with Crippen molar-refractivity contribution in [3.05, 3.63) is 63.6 Å². The molecule has 2 aliphatic heterocycles. The summed E-state index contributed by atoms with van der Waals surface area (Å²) in [5.74, 6) is 0.452. The lowest BCUT2D eigenvalue weighted by Crippen LogP contribution is -2.64. The molecule has 1 fully saturated rings. The van der Waals surface area contributed by atoms with Gasteiger partial charge in [-0.25, -0.2) is 0 Å². The number of likely N-dealkylation sites (tertiary alicyclic amines) is 1. The van der Waals surface area contributed by atoms with Crippen LogP contribution in [0.3, 0.4) is 0 Å². The van der Waals surface area contributed by atoms with Gasteiger partial charge in [0.2, 0.25) is 0 Å². The van der Waals surface area contributed by atoms with Gasteiger partial charge < -0.3 is 9.80 Å². The molecule has 0 bridgehead atoms. The molecule has 2 heterocycles. The third-order valence-electron chi connectivity index (χ3n) is 6.85. The van der Waals surface area contributed by atoms with Crippen LogP contribution in [0.2, 0.25) is 10.0 Å². The third kappa shape index (κ3) is 3.37. The second-order valence-corrected chi connectivity index (χ2v) is 9.30. The van der Waals surface area contributed by atoms with Gasteiger partial charge in [0.15, 0.2) is 5.78 Å². The average molecular weight is 431 g/mol. The Bertz CT molecular complexity index is 925. The predicted molar refractivity (Wildman–Crippen MR) is 121 cm³/mol. The van der Waals surface area contributed by atoms with Gasteiger partial charge in [0.05, 0.1) is 10.0 Å². The van der Waals surface area contributed by atoms with E-state index in [1.807, 2.05) is 18.2 Å². The number of carbonyl (C=O) groups is 1. The molecule has 2 aliphatic rings. The van der Waals surface area contributed by atoms with Gasteiger partial charge in [0.1, 0.15) is 5.54 Å². The predicted octanol–water partition coefficient (Wildman–Crippen LogP) is 5.89. The fourth-order valence-corrected chi connectivity index (χ4v) is 5.51. The van der Waals surface area contributed by atoms with E-state index in [9.17, 15) is 4.79 Å². The minimum Gasteiger partial charge on any atom is -0.351 e. The summed E-state index contributed by atoms with van der Waals surface area (Å²) in [6, 6.07) is 14.3. The van der Waals surface area contributed by atoms with Gasteiger partial charge in [0.25, 0.3) is 0 Å². The van der Waals surface area contributed by atoms with Crippen LogP contribution in [0, 0.1) is 0 Å². The van der Waals surface area contributed by atoms with Crippen molar-refractivity contribution in [3.63, 3.8) is 0 Å². The van der Waals surface area contributed by atoms with Crippen LogP contribution in [0.4, 0.5) is 5.69 Å². The van der Waals surface area contributed by atoms with Gasteiger partial charge >= 0.3 is 0 Å². The number of halogens is 2. The molecule has 0 aliphatic carbocycles. The van der Waals surface area contributed by atoms with Crippen molar-refractivity contribution in [2.24, 2.45) is 0 Å². The molecule has 3 unspecified atom stereocenters. The summed E-state index contributed by atoms with van der Waals surface area (Å²) in [5, 5.41) is 1.04. The van der Waals surface area contributed by atoms with Crippen LogP contribution in [0.15, 0.2) is 42.5 Å². The fraction of sp³-hybridized carbons (Fsp3) is 0.458.